The van der Waals surface area contributed by atoms with Gasteiger partial charge < -0.3 is 10.1 Å². The first-order valence-corrected chi connectivity index (χ1v) is 6.28. The molecule has 0 radical (unpaired) electrons. The molecule has 0 spiro atoms. The summed E-state index contributed by atoms with van der Waals surface area (Å²) in [4.78, 5) is 23.1. The number of hydrogen-bond donors (Lipinski definition) is 1. The highest BCUT2D eigenvalue weighted by atomic mass is 16.5. The number of benzene rings is 2. The normalized spacial score (nSPS) is 9.80. The molecule has 102 valence electrons. The quantitative estimate of drug-likeness (QED) is 0.848. The summed E-state index contributed by atoms with van der Waals surface area (Å²) in [5.41, 5.74) is 1.54. The Morgan fingerprint density at radius 2 is 1.50 bits per heavy atom. The summed E-state index contributed by atoms with van der Waals surface area (Å²) in [7, 11) is 0. The van der Waals surface area contributed by atoms with Crippen LogP contribution in [0.5, 0.6) is 0 Å². The second-order valence-electron chi connectivity index (χ2n) is 4.24. The molecule has 1 N–H and O–H groups in total. The van der Waals surface area contributed by atoms with Crippen molar-refractivity contribution < 1.29 is 14.3 Å². The molecule has 0 aromatic heterocycles. The molecule has 2 rings (SSSR count). The van der Waals surface area contributed by atoms with Crippen molar-refractivity contribution in [3.8, 4) is 0 Å². The molecule has 0 atom stereocenters. The smallest absolute Gasteiger partial charge is 0.310 e. The van der Waals surface area contributed by atoms with Crippen molar-refractivity contribution in [3.63, 3.8) is 0 Å². The number of anilines is 1. The molecule has 1 amide bonds. The molecule has 0 aliphatic heterocycles. The van der Waals surface area contributed by atoms with Crippen LogP contribution in [0, 0.1) is 0 Å². The monoisotopic (exact) mass is 269 g/mol. The highest BCUT2D eigenvalue weighted by Gasteiger charge is 2.08. The van der Waals surface area contributed by atoms with Gasteiger partial charge in [0, 0.05) is 5.69 Å². The van der Waals surface area contributed by atoms with Crippen molar-refractivity contribution >= 4 is 17.6 Å². The average molecular weight is 269 g/mol. The highest BCUT2D eigenvalue weighted by molar-refractivity contribution is 5.92. The summed E-state index contributed by atoms with van der Waals surface area (Å²) < 4.78 is 4.93. The Bertz CT molecular complexity index is 513. The van der Waals surface area contributed by atoms with Crippen molar-refractivity contribution in [2.45, 2.75) is 6.42 Å². The third-order valence-electron chi connectivity index (χ3n) is 2.61. The molecular formula is C16H15NO3. The maximum atomic E-state index is 11.6. The second-order valence-corrected chi connectivity index (χ2v) is 4.24. The van der Waals surface area contributed by atoms with Crippen LogP contribution in [0.3, 0.4) is 0 Å². The molecule has 0 heterocycles. The van der Waals surface area contributed by atoms with Crippen molar-refractivity contribution in [1.82, 2.24) is 0 Å². The number of hydrogen-bond acceptors (Lipinski definition) is 3. The van der Waals surface area contributed by atoms with Gasteiger partial charge in [-0.1, -0.05) is 48.5 Å². The van der Waals surface area contributed by atoms with E-state index in [1.807, 2.05) is 48.5 Å². The van der Waals surface area contributed by atoms with Gasteiger partial charge in [-0.05, 0) is 17.7 Å². The van der Waals surface area contributed by atoms with Crippen molar-refractivity contribution in [1.29, 1.82) is 0 Å². The Balaban J connectivity index is 1.75. The number of nitrogens with one attached hydrogen (secondary N) is 1. The zero-order valence-electron chi connectivity index (χ0n) is 10.9. The molecule has 0 aliphatic carbocycles. The van der Waals surface area contributed by atoms with Gasteiger partial charge in [0.15, 0.2) is 6.61 Å². The standard InChI is InChI=1S/C16H15NO3/c18-15(17-14-9-5-2-6-10-14)12-20-16(19)11-13-7-3-1-4-8-13/h1-10H,11-12H2,(H,17,18). The zero-order valence-corrected chi connectivity index (χ0v) is 10.9. The number of ether oxygens (including phenoxy) is 1. The molecule has 4 heteroatoms. The number of para-hydroxylation sites is 1. The minimum atomic E-state index is -0.417. The van der Waals surface area contributed by atoms with Crippen LogP contribution in [0.25, 0.3) is 0 Å². The van der Waals surface area contributed by atoms with Gasteiger partial charge in [0.2, 0.25) is 0 Å². The molecular weight excluding hydrogens is 254 g/mol. The Kier molecular flexibility index (Phi) is 4.89. The Morgan fingerprint density at radius 3 is 2.15 bits per heavy atom. The van der Waals surface area contributed by atoms with Crippen molar-refractivity contribution in [2.75, 3.05) is 11.9 Å². The molecule has 0 saturated carbocycles. The van der Waals surface area contributed by atoms with Gasteiger partial charge in [-0.2, -0.15) is 0 Å². The third-order valence-corrected chi connectivity index (χ3v) is 2.61. The topological polar surface area (TPSA) is 55.4 Å². The van der Waals surface area contributed by atoms with Crippen LogP contribution in [0.4, 0.5) is 5.69 Å². The largest absolute Gasteiger partial charge is 0.455 e. The lowest BCUT2D eigenvalue weighted by Gasteiger charge is -2.06. The van der Waals surface area contributed by atoms with Gasteiger partial charge in [-0.3, -0.25) is 9.59 Å². The third kappa shape index (κ3) is 4.57. The van der Waals surface area contributed by atoms with E-state index in [-0.39, 0.29) is 18.9 Å². The van der Waals surface area contributed by atoms with Gasteiger partial charge in [-0.25, -0.2) is 0 Å². The van der Waals surface area contributed by atoms with E-state index in [1.165, 1.54) is 0 Å². The number of carbonyl (C=O) groups excluding carboxylic acids is 2. The van der Waals surface area contributed by atoms with E-state index in [2.05, 4.69) is 5.32 Å². The lowest BCUT2D eigenvalue weighted by Crippen LogP contribution is -2.21. The molecule has 0 unspecified atom stereocenters. The van der Waals surface area contributed by atoms with E-state index >= 15 is 0 Å². The van der Waals surface area contributed by atoms with Crippen LogP contribution < -0.4 is 5.32 Å². The van der Waals surface area contributed by atoms with E-state index < -0.39 is 5.97 Å². The fourth-order valence-electron chi connectivity index (χ4n) is 1.68. The van der Waals surface area contributed by atoms with Gasteiger partial charge in [0.05, 0.1) is 6.42 Å². The van der Waals surface area contributed by atoms with E-state index in [9.17, 15) is 9.59 Å². The lowest BCUT2D eigenvalue weighted by molar-refractivity contribution is -0.146. The molecule has 2 aromatic rings. The summed E-state index contributed by atoms with van der Waals surface area (Å²) in [6, 6.07) is 18.3. The van der Waals surface area contributed by atoms with Gasteiger partial charge >= 0.3 is 5.97 Å². The van der Waals surface area contributed by atoms with Gasteiger partial charge in [-0.15, -0.1) is 0 Å². The van der Waals surface area contributed by atoms with Crippen molar-refractivity contribution in [2.24, 2.45) is 0 Å². The van der Waals surface area contributed by atoms with E-state index in [1.54, 1.807) is 12.1 Å². The summed E-state index contributed by atoms with van der Waals surface area (Å²) in [6.07, 6.45) is 0.166. The lowest BCUT2D eigenvalue weighted by atomic mass is 10.2. The Hall–Kier alpha value is -2.62. The van der Waals surface area contributed by atoms with Gasteiger partial charge in [0.1, 0.15) is 0 Å². The zero-order chi connectivity index (χ0) is 14.2. The first kappa shape index (κ1) is 13.8. The number of rotatable bonds is 5. The fraction of sp³-hybridized carbons (Fsp3) is 0.125. The first-order valence-electron chi connectivity index (χ1n) is 6.28. The van der Waals surface area contributed by atoms with E-state index in [0.29, 0.717) is 5.69 Å². The molecule has 4 nitrogen and oxygen atoms in total. The number of esters is 1. The maximum absolute atomic E-state index is 11.6. The predicted octanol–water partition coefficient (Wildman–Crippen LogP) is 2.41. The predicted molar refractivity (Wildman–Crippen MR) is 76.2 cm³/mol. The Labute approximate surface area is 117 Å². The van der Waals surface area contributed by atoms with Crippen LogP contribution in [-0.4, -0.2) is 18.5 Å². The maximum Gasteiger partial charge on any atom is 0.310 e. The molecule has 2 aromatic carbocycles. The van der Waals surface area contributed by atoms with Crippen LogP contribution in [-0.2, 0) is 20.7 Å². The molecule has 0 aliphatic rings. The van der Waals surface area contributed by atoms with E-state index in [4.69, 9.17) is 4.74 Å². The summed E-state index contributed by atoms with van der Waals surface area (Å²) in [5, 5.41) is 2.64. The second kappa shape index (κ2) is 7.09. The molecule has 0 saturated heterocycles. The number of carbonyl (C=O) groups is 2. The van der Waals surface area contributed by atoms with Crippen LogP contribution >= 0.6 is 0 Å². The van der Waals surface area contributed by atoms with Gasteiger partial charge in [0.25, 0.3) is 5.91 Å². The van der Waals surface area contributed by atoms with Crippen LogP contribution in [0.2, 0.25) is 0 Å². The molecule has 20 heavy (non-hydrogen) atoms. The minimum Gasteiger partial charge on any atom is -0.455 e. The average Bonchev–Trinajstić information content (AvgIpc) is 2.47. The molecule has 0 bridgehead atoms. The fourth-order valence-corrected chi connectivity index (χ4v) is 1.68. The Morgan fingerprint density at radius 1 is 0.900 bits per heavy atom. The highest BCUT2D eigenvalue weighted by Crippen LogP contribution is 2.05. The number of amides is 1. The van der Waals surface area contributed by atoms with E-state index in [0.717, 1.165) is 5.56 Å². The molecule has 0 fully saturated rings. The minimum absolute atomic E-state index is 0.166. The first-order chi connectivity index (χ1) is 9.74. The summed E-state index contributed by atoms with van der Waals surface area (Å²) >= 11 is 0. The van der Waals surface area contributed by atoms with Crippen LogP contribution in [0.1, 0.15) is 5.56 Å². The summed E-state index contributed by atoms with van der Waals surface area (Å²) in [5.74, 6) is -0.767. The summed E-state index contributed by atoms with van der Waals surface area (Å²) in [6.45, 7) is -0.277. The van der Waals surface area contributed by atoms with Crippen LogP contribution in [0.15, 0.2) is 60.7 Å². The van der Waals surface area contributed by atoms with Crippen molar-refractivity contribution in [3.05, 3.63) is 66.2 Å². The SMILES string of the molecule is O=C(COC(=O)Cc1ccccc1)Nc1ccccc1.